The number of rotatable bonds is 8. The minimum Gasteiger partial charge on any atom is -0.397 e. The van der Waals surface area contributed by atoms with Crippen LogP contribution in [0.3, 0.4) is 0 Å². The van der Waals surface area contributed by atoms with E-state index in [-0.39, 0.29) is 17.8 Å². The van der Waals surface area contributed by atoms with Crippen LogP contribution in [0.4, 0.5) is 15.8 Å². The predicted octanol–water partition coefficient (Wildman–Crippen LogP) is 5.39. The summed E-state index contributed by atoms with van der Waals surface area (Å²) in [5, 5.41) is 3.26. The molecule has 0 aliphatic rings. The average Bonchev–Trinajstić information content (AvgIpc) is 3.57. The van der Waals surface area contributed by atoms with Crippen LogP contribution in [0.25, 0.3) is 28.0 Å². The second-order valence-corrected chi connectivity index (χ2v) is 9.55. The smallest absolute Gasteiger partial charge is 0.155 e. The van der Waals surface area contributed by atoms with Gasteiger partial charge in [0.2, 0.25) is 0 Å². The van der Waals surface area contributed by atoms with E-state index in [1.54, 1.807) is 37.2 Å². The number of halogens is 1. The van der Waals surface area contributed by atoms with E-state index in [0.29, 0.717) is 34.6 Å². The summed E-state index contributed by atoms with van der Waals surface area (Å²) >= 11 is 0. The highest BCUT2D eigenvalue weighted by molar-refractivity contribution is 5.83. The van der Waals surface area contributed by atoms with Crippen molar-refractivity contribution in [3.63, 3.8) is 0 Å². The fourth-order valence-electron chi connectivity index (χ4n) is 4.61. The van der Waals surface area contributed by atoms with Crippen LogP contribution >= 0.6 is 0 Å². The quantitative estimate of drug-likeness (QED) is 0.241. The number of nitrogen functional groups attached to an aromatic ring is 1. The molecule has 0 amide bonds. The number of aromatic nitrogens is 7. The third-order valence-corrected chi connectivity index (χ3v) is 6.51. The highest BCUT2D eigenvalue weighted by Gasteiger charge is 2.19. The molecule has 0 radical (unpaired) electrons. The predicted molar refractivity (Wildman–Crippen MR) is 153 cm³/mol. The number of nitrogens with one attached hydrogen (secondary N) is 2. The fourth-order valence-corrected chi connectivity index (χ4v) is 4.61. The first-order valence-electron chi connectivity index (χ1n) is 12.6. The molecular formula is C30H26FN9. The van der Waals surface area contributed by atoms with Crippen molar-refractivity contribution in [2.45, 2.75) is 19.8 Å². The van der Waals surface area contributed by atoms with Crippen molar-refractivity contribution in [2.75, 3.05) is 11.1 Å². The summed E-state index contributed by atoms with van der Waals surface area (Å²) in [5.74, 6) is 0.0284. The van der Waals surface area contributed by atoms with E-state index in [1.807, 2.05) is 48.0 Å². The second kappa shape index (κ2) is 10.4. The monoisotopic (exact) mass is 531 g/mol. The summed E-state index contributed by atoms with van der Waals surface area (Å²) in [6.07, 6.45) is 12.5. The summed E-state index contributed by atoms with van der Waals surface area (Å²) in [6.45, 7) is 6.03. The normalized spacial score (nSPS) is 11.2. The number of nitrogens with two attached hydrogens (primary N) is 1. The molecule has 0 spiro atoms. The van der Waals surface area contributed by atoms with Gasteiger partial charge < -0.3 is 20.6 Å². The maximum atomic E-state index is 15.9. The van der Waals surface area contributed by atoms with E-state index in [1.165, 1.54) is 6.20 Å². The van der Waals surface area contributed by atoms with Crippen LogP contribution < -0.4 is 11.1 Å². The van der Waals surface area contributed by atoms with Crippen molar-refractivity contribution in [2.24, 2.45) is 0 Å². The zero-order valence-electron chi connectivity index (χ0n) is 21.8. The third-order valence-electron chi connectivity index (χ3n) is 6.51. The highest BCUT2D eigenvalue weighted by atomic mass is 19.1. The fraction of sp³-hybridized carbons (Fsp3) is 0.100. The molecule has 198 valence electrons. The summed E-state index contributed by atoms with van der Waals surface area (Å²) in [4.78, 5) is 25.2. The molecule has 0 bridgehead atoms. The van der Waals surface area contributed by atoms with Crippen molar-refractivity contribution < 1.29 is 4.39 Å². The van der Waals surface area contributed by atoms with E-state index >= 15 is 4.39 Å². The van der Waals surface area contributed by atoms with Gasteiger partial charge in [-0.15, -0.1) is 0 Å². The summed E-state index contributed by atoms with van der Waals surface area (Å²) in [7, 11) is 0. The van der Waals surface area contributed by atoms with Gasteiger partial charge >= 0.3 is 0 Å². The van der Waals surface area contributed by atoms with Gasteiger partial charge in [-0.25, -0.2) is 14.4 Å². The number of pyridine rings is 3. The van der Waals surface area contributed by atoms with Crippen molar-refractivity contribution >= 4 is 22.4 Å². The lowest BCUT2D eigenvalue weighted by Gasteiger charge is -2.12. The Kier molecular flexibility index (Phi) is 6.49. The molecule has 10 heteroatoms. The Morgan fingerprint density at radius 3 is 2.70 bits per heavy atom. The molecule has 0 unspecified atom stereocenters. The zero-order valence-corrected chi connectivity index (χ0v) is 21.8. The van der Waals surface area contributed by atoms with Crippen molar-refractivity contribution in [3.8, 4) is 16.9 Å². The lowest BCUT2D eigenvalue weighted by molar-refractivity contribution is 0.611. The first kappa shape index (κ1) is 24.9. The Balaban J connectivity index is 1.27. The van der Waals surface area contributed by atoms with Crippen LogP contribution in [0, 0.1) is 12.7 Å². The number of aromatic amines is 1. The Hall–Kier alpha value is -5.38. The molecule has 6 rings (SSSR count). The zero-order chi connectivity index (χ0) is 27.6. The van der Waals surface area contributed by atoms with E-state index in [4.69, 9.17) is 10.7 Å². The number of fused-ring (bicyclic) bond motifs is 1. The van der Waals surface area contributed by atoms with Gasteiger partial charge in [0.05, 0.1) is 59.4 Å². The Labute approximate surface area is 229 Å². The van der Waals surface area contributed by atoms with Gasteiger partial charge in [0, 0.05) is 42.1 Å². The molecule has 9 nitrogen and oxygen atoms in total. The first-order valence-corrected chi connectivity index (χ1v) is 12.6. The molecule has 4 N–H and O–H groups in total. The molecule has 0 aliphatic heterocycles. The van der Waals surface area contributed by atoms with Gasteiger partial charge in [0.1, 0.15) is 17.0 Å². The molecule has 0 atom stereocenters. The first-order chi connectivity index (χ1) is 19.4. The number of nitrogens with zero attached hydrogens (tertiary/aromatic N) is 6. The van der Waals surface area contributed by atoms with E-state index < -0.39 is 5.82 Å². The molecule has 0 saturated heterocycles. The van der Waals surface area contributed by atoms with Crippen LogP contribution in [0.2, 0.25) is 0 Å². The van der Waals surface area contributed by atoms with Crippen LogP contribution in [0.5, 0.6) is 0 Å². The number of hydrogen-bond acceptors (Lipinski definition) is 7. The van der Waals surface area contributed by atoms with Crippen LogP contribution in [0.15, 0.2) is 92.2 Å². The summed E-state index contributed by atoms with van der Waals surface area (Å²) in [6, 6.07) is 11.8. The Morgan fingerprint density at radius 2 is 1.90 bits per heavy atom. The van der Waals surface area contributed by atoms with Crippen molar-refractivity contribution in [3.05, 3.63) is 121 Å². The van der Waals surface area contributed by atoms with Gasteiger partial charge in [0.25, 0.3) is 0 Å². The van der Waals surface area contributed by atoms with Crippen LogP contribution in [0.1, 0.15) is 22.6 Å². The standard InChI is InChI=1S/C30H26FN9/c1-18(8-20-6-4-3-5-7-20)37-22-9-21(11-33-12-22)29-28(31)23(24(32)13-35-29)10-27-38-25-14-34-15-26(30(25)39-27)40-16-19(2)36-17-40/h3-7,9,11-17,37H,1,8,10,32H2,2H3,(H,38,39). The lowest BCUT2D eigenvalue weighted by atomic mass is 10.1. The third kappa shape index (κ3) is 5.02. The van der Waals surface area contributed by atoms with Crippen molar-refractivity contribution in [1.29, 1.82) is 0 Å². The lowest BCUT2D eigenvalue weighted by Crippen LogP contribution is -2.05. The van der Waals surface area contributed by atoms with Gasteiger partial charge in [0.15, 0.2) is 5.82 Å². The van der Waals surface area contributed by atoms with E-state index in [9.17, 15) is 0 Å². The number of allylic oxidation sites excluding steroid dienone is 1. The van der Waals surface area contributed by atoms with E-state index in [0.717, 1.165) is 28.2 Å². The molecule has 5 heterocycles. The second-order valence-electron chi connectivity index (χ2n) is 9.55. The average molecular weight is 532 g/mol. The minimum atomic E-state index is -0.522. The number of hydrogen-bond donors (Lipinski definition) is 3. The minimum absolute atomic E-state index is 0.142. The number of aryl methyl sites for hydroxylation is 1. The molecule has 0 saturated carbocycles. The number of anilines is 2. The van der Waals surface area contributed by atoms with Gasteiger partial charge in [-0.05, 0) is 18.6 Å². The largest absolute Gasteiger partial charge is 0.397 e. The maximum absolute atomic E-state index is 15.9. The number of benzene rings is 1. The SMILES string of the molecule is C=C(Cc1ccccc1)Nc1cncc(-c2ncc(N)c(Cc3nc4c(-n5cnc(C)c5)cncc4[nH]3)c2F)c1. The van der Waals surface area contributed by atoms with E-state index in [2.05, 4.69) is 36.8 Å². The number of imidazole rings is 2. The molecule has 1 aromatic carbocycles. The van der Waals surface area contributed by atoms with Gasteiger partial charge in [-0.1, -0.05) is 36.9 Å². The molecule has 0 fully saturated rings. The molecule has 40 heavy (non-hydrogen) atoms. The molecule has 6 aromatic rings. The molecule has 0 aliphatic carbocycles. The summed E-state index contributed by atoms with van der Waals surface area (Å²) in [5.41, 5.74) is 13.1. The van der Waals surface area contributed by atoms with Gasteiger partial charge in [-0.2, -0.15) is 0 Å². The highest BCUT2D eigenvalue weighted by Crippen LogP contribution is 2.29. The Morgan fingerprint density at radius 1 is 1.07 bits per heavy atom. The number of H-pyrrole nitrogens is 1. The van der Waals surface area contributed by atoms with Crippen LogP contribution in [-0.2, 0) is 12.8 Å². The van der Waals surface area contributed by atoms with Gasteiger partial charge in [-0.3, -0.25) is 15.0 Å². The van der Waals surface area contributed by atoms with Crippen molar-refractivity contribution in [1.82, 2.24) is 34.5 Å². The maximum Gasteiger partial charge on any atom is 0.155 e. The van der Waals surface area contributed by atoms with Crippen LogP contribution in [-0.4, -0.2) is 34.5 Å². The molecule has 5 aromatic heterocycles. The topological polar surface area (TPSA) is 123 Å². The Bertz CT molecular complexity index is 1840. The summed E-state index contributed by atoms with van der Waals surface area (Å²) < 4.78 is 17.8. The molecular weight excluding hydrogens is 505 g/mol.